The lowest BCUT2D eigenvalue weighted by atomic mass is 10.1. The summed E-state index contributed by atoms with van der Waals surface area (Å²) >= 11 is 1.47. The number of ether oxygens (including phenoxy) is 2. The van der Waals surface area contributed by atoms with Gasteiger partial charge in [0.1, 0.15) is 6.04 Å². The van der Waals surface area contributed by atoms with E-state index in [4.69, 9.17) is 18.8 Å². The highest BCUT2D eigenvalue weighted by Crippen LogP contribution is 2.45. The van der Waals surface area contributed by atoms with E-state index in [1.165, 1.54) is 16.2 Å². The number of hydroxylamine groups is 1. The number of hydrogen-bond acceptors (Lipinski definition) is 10. The van der Waals surface area contributed by atoms with Gasteiger partial charge in [0.2, 0.25) is 5.89 Å². The Bertz CT molecular complexity index is 1790. The molecule has 3 aromatic carbocycles. The molecule has 1 aliphatic carbocycles. The van der Waals surface area contributed by atoms with Crippen LogP contribution < -0.4 is 5.48 Å². The van der Waals surface area contributed by atoms with Crippen molar-refractivity contribution in [2.45, 2.75) is 50.5 Å². The molecule has 2 amide bonds. The van der Waals surface area contributed by atoms with Crippen molar-refractivity contribution in [3.8, 4) is 11.1 Å². The highest BCUT2D eigenvalue weighted by atomic mass is 32.1. The molecule has 240 valence electrons. The lowest BCUT2D eigenvalue weighted by Gasteiger charge is -2.26. The number of thiazole rings is 1. The first kappa shape index (κ1) is 30.7. The molecule has 1 aliphatic heterocycles. The molecule has 47 heavy (non-hydrogen) atoms. The lowest BCUT2D eigenvalue weighted by molar-refractivity contribution is -0.186. The quantitative estimate of drug-likeness (QED) is 0.170. The van der Waals surface area contributed by atoms with Gasteiger partial charge in [-0.25, -0.2) is 20.1 Å². The van der Waals surface area contributed by atoms with Crippen LogP contribution in [0.4, 0.5) is 4.79 Å². The van der Waals surface area contributed by atoms with Crippen LogP contribution in [0.2, 0.25) is 0 Å². The average Bonchev–Trinajstić information content (AvgIpc) is 3.87. The van der Waals surface area contributed by atoms with Gasteiger partial charge in [-0.3, -0.25) is 9.69 Å². The average molecular weight is 652 g/mol. The summed E-state index contributed by atoms with van der Waals surface area (Å²) in [5.74, 6) is 0.369. The van der Waals surface area contributed by atoms with Crippen LogP contribution in [-0.2, 0) is 27.2 Å². The van der Waals surface area contributed by atoms with Crippen molar-refractivity contribution in [2.75, 3.05) is 13.7 Å². The van der Waals surface area contributed by atoms with Gasteiger partial charge in [0.25, 0.3) is 5.91 Å². The molecule has 12 heteroatoms. The smallest absolute Gasteiger partial charge is 0.411 e. The highest BCUT2D eigenvalue weighted by molar-refractivity contribution is 7.07. The Morgan fingerprint density at radius 1 is 1.02 bits per heavy atom. The molecule has 0 bridgehead atoms. The van der Waals surface area contributed by atoms with Crippen LogP contribution in [0, 0.1) is 0 Å². The number of nitrogens with one attached hydrogen (secondary N) is 1. The van der Waals surface area contributed by atoms with Crippen molar-refractivity contribution in [2.24, 2.45) is 0 Å². The van der Waals surface area contributed by atoms with E-state index in [1.807, 2.05) is 66.0 Å². The third kappa shape index (κ3) is 6.80. The summed E-state index contributed by atoms with van der Waals surface area (Å²) in [7, 11) is 1.67. The Morgan fingerprint density at radius 3 is 2.45 bits per heavy atom. The van der Waals surface area contributed by atoms with Gasteiger partial charge in [0.15, 0.2) is 18.2 Å². The van der Waals surface area contributed by atoms with Crippen LogP contribution in [-0.4, -0.2) is 52.0 Å². The monoisotopic (exact) mass is 651 g/mol. The molecule has 7 rings (SSSR count). The molecule has 3 heterocycles. The number of aromatic nitrogens is 3. The van der Waals surface area contributed by atoms with Crippen molar-refractivity contribution < 1.29 is 28.4 Å². The number of fused-ring (bicyclic) bond motifs is 3. The molecule has 1 saturated heterocycles. The molecule has 2 aliphatic rings. The number of hydrogen-bond donors (Lipinski definition) is 1. The fourth-order valence-electron chi connectivity index (χ4n) is 5.89. The Balaban J connectivity index is 1.04. The zero-order valence-electron chi connectivity index (χ0n) is 25.7. The van der Waals surface area contributed by atoms with E-state index < -0.39 is 24.5 Å². The van der Waals surface area contributed by atoms with Gasteiger partial charge < -0.3 is 14.0 Å². The number of rotatable bonds is 10. The summed E-state index contributed by atoms with van der Waals surface area (Å²) < 4.78 is 17.4. The fraction of sp³-hybridized carbons (Fsp3) is 0.286. The Morgan fingerprint density at radius 2 is 1.77 bits per heavy atom. The minimum Gasteiger partial charge on any atom is -0.436 e. The number of benzene rings is 3. The standard InChI is InChI=1S/C35H33N5O6S/c1-40(35(42)44-32-27-10-4-2-8-25(27)26-9-3-5-11-28(26)32)29(19-24-20-47-21-36-24)34-37-30(38-46-34)18-22-13-15-23(16-14-22)33(41)39-45-31-12-6-7-17-43-31/h2-5,8-11,13-16,20-21,29,31-32H,6-7,12,17-19H2,1H3,(H,39,41)/t29-,31?/m0/s1. The van der Waals surface area contributed by atoms with E-state index >= 15 is 0 Å². The molecule has 1 unspecified atom stereocenters. The summed E-state index contributed by atoms with van der Waals surface area (Å²) in [6.07, 6.45) is 2.01. The molecule has 0 spiro atoms. The van der Waals surface area contributed by atoms with Gasteiger partial charge in [-0.2, -0.15) is 4.98 Å². The third-order valence-electron chi connectivity index (χ3n) is 8.41. The van der Waals surface area contributed by atoms with Crippen LogP contribution in [0.1, 0.15) is 75.9 Å². The van der Waals surface area contributed by atoms with Gasteiger partial charge in [0.05, 0.1) is 11.2 Å². The van der Waals surface area contributed by atoms with Crippen molar-refractivity contribution >= 4 is 23.3 Å². The van der Waals surface area contributed by atoms with E-state index in [9.17, 15) is 9.59 Å². The number of carbonyl (C=O) groups is 2. The van der Waals surface area contributed by atoms with E-state index in [-0.39, 0.29) is 11.8 Å². The second-order valence-corrected chi connectivity index (χ2v) is 12.2. The van der Waals surface area contributed by atoms with Crippen molar-refractivity contribution in [3.63, 3.8) is 0 Å². The molecule has 0 saturated carbocycles. The molecular weight excluding hydrogens is 618 g/mol. The van der Waals surface area contributed by atoms with Gasteiger partial charge in [-0.05, 0) is 41.7 Å². The highest BCUT2D eigenvalue weighted by Gasteiger charge is 2.35. The second-order valence-electron chi connectivity index (χ2n) is 11.5. The van der Waals surface area contributed by atoms with Crippen molar-refractivity contribution in [3.05, 3.63) is 123 Å². The molecule has 11 nitrogen and oxygen atoms in total. The van der Waals surface area contributed by atoms with E-state index in [2.05, 4.69) is 20.6 Å². The summed E-state index contributed by atoms with van der Waals surface area (Å²) in [6, 6.07) is 22.4. The van der Waals surface area contributed by atoms with Crippen molar-refractivity contribution in [1.29, 1.82) is 0 Å². The molecule has 1 N–H and O–H groups in total. The second kappa shape index (κ2) is 13.8. The fourth-order valence-corrected chi connectivity index (χ4v) is 6.46. The molecule has 2 aromatic heterocycles. The number of nitrogens with zero attached hydrogens (tertiary/aromatic N) is 4. The van der Waals surface area contributed by atoms with E-state index in [0.717, 1.165) is 52.8 Å². The number of carbonyl (C=O) groups excluding carboxylic acids is 2. The summed E-state index contributed by atoms with van der Waals surface area (Å²) in [5.41, 5.74) is 10.4. The maximum atomic E-state index is 13.7. The van der Waals surface area contributed by atoms with Crippen LogP contribution in [0.5, 0.6) is 0 Å². The van der Waals surface area contributed by atoms with Gasteiger partial charge in [-0.1, -0.05) is 65.8 Å². The zero-order valence-corrected chi connectivity index (χ0v) is 26.5. The number of amides is 2. The predicted octanol–water partition coefficient (Wildman–Crippen LogP) is 6.43. The largest absolute Gasteiger partial charge is 0.436 e. The van der Waals surface area contributed by atoms with Crippen LogP contribution in [0.25, 0.3) is 11.1 Å². The Labute approximate surface area is 275 Å². The predicted molar refractivity (Wildman–Crippen MR) is 172 cm³/mol. The maximum Gasteiger partial charge on any atom is 0.411 e. The number of likely N-dealkylation sites (N-methyl/N-ethyl adjacent to an activating group) is 1. The van der Waals surface area contributed by atoms with E-state index in [0.29, 0.717) is 30.8 Å². The molecule has 1 fully saturated rings. The van der Waals surface area contributed by atoms with Gasteiger partial charge >= 0.3 is 6.09 Å². The van der Waals surface area contributed by atoms with Crippen LogP contribution >= 0.6 is 11.3 Å². The summed E-state index contributed by atoms with van der Waals surface area (Å²) in [5, 5.41) is 6.14. The lowest BCUT2D eigenvalue weighted by Crippen LogP contribution is -2.34. The first-order chi connectivity index (χ1) is 23.0. The van der Waals surface area contributed by atoms with Crippen molar-refractivity contribution in [1.82, 2.24) is 25.5 Å². The topological polar surface area (TPSA) is 129 Å². The van der Waals surface area contributed by atoms with Crippen LogP contribution in [0.3, 0.4) is 0 Å². The first-order valence-corrected chi connectivity index (χ1v) is 16.5. The Kier molecular flexibility index (Phi) is 9.05. The minimum atomic E-state index is -0.614. The Hall–Kier alpha value is -4.91. The summed E-state index contributed by atoms with van der Waals surface area (Å²) in [4.78, 5) is 42.2. The van der Waals surface area contributed by atoms with E-state index in [1.54, 1.807) is 24.7 Å². The molecule has 2 atom stereocenters. The molecule has 0 radical (unpaired) electrons. The SMILES string of the molecule is CN(C(=O)OC1c2ccccc2-c2ccccc21)[C@@H](Cc1cscn1)c1nc(Cc2ccc(C(=O)NOC3CCCCO3)cc2)no1. The maximum absolute atomic E-state index is 13.7. The van der Waals surface area contributed by atoms with Gasteiger partial charge in [0, 0.05) is 55.0 Å². The molecule has 5 aromatic rings. The third-order valence-corrected chi connectivity index (χ3v) is 9.04. The van der Waals surface area contributed by atoms with Gasteiger partial charge in [-0.15, -0.1) is 11.3 Å². The normalized spacial score (nSPS) is 16.2. The minimum absolute atomic E-state index is 0.276. The molecular formula is C35H33N5O6S. The zero-order chi connectivity index (χ0) is 32.2. The van der Waals surface area contributed by atoms with Crippen LogP contribution in [0.15, 0.2) is 88.2 Å². The first-order valence-electron chi connectivity index (χ1n) is 15.5. The summed E-state index contributed by atoms with van der Waals surface area (Å²) in [6.45, 7) is 0.628.